The van der Waals surface area contributed by atoms with Crippen LogP contribution in [0.4, 0.5) is 11.4 Å². The topological polar surface area (TPSA) is 52.6 Å². The molecule has 0 aromatic heterocycles. The molecule has 4 rings (SSSR count). The summed E-state index contributed by atoms with van der Waals surface area (Å²) in [5.74, 6) is 0.0850. The van der Waals surface area contributed by atoms with Crippen LogP contribution >= 0.6 is 0 Å². The van der Waals surface area contributed by atoms with Gasteiger partial charge in [0.2, 0.25) is 0 Å². The van der Waals surface area contributed by atoms with Crippen molar-refractivity contribution in [3.05, 3.63) is 47.5 Å². The maximum Gasteiger partial charge on any atom is 0.256 e. The predicted octanol–water partition coefficient (Wildman–Crippen LogP) is 4.80. The van der Waals surface area contributed by atoms with E-state index in [1.807, 2.05) is 19.9 Å². The summed E-state index contributed by atoms with van der Waals surface area (Å²) in [6.07, 6.45) is 3.82. The van der Waals surface area contributed by atoms with Gasteiger partial charge in [-0.1, -0.05) is 17.7 Å². The molecular weight excluding hydrogens is 324 g/mol. The van der Waals surface area contributed by atoms with Crippen LogP contribution in [0.2, 0.25) is 0 Å². The van der Waals surface area contributed by atoms with E-state index in [1.165, 1.54) is 24.9 Å². The quantitative estimate of drug-likeness (QED) is 0.767. The summed E-state index contributed by atoms with van der Waals surface area (Å²) < 4.78 is 0. The number of anilines is 2. The molecule has 1 fully saturated rings. The Morgan fingerprint density at radius 1 is 1.00 bits per heavy atom. The smallest absolute Gasteiger partial charge is 0.256 e. The number of phenolic OH excluding ortho intramolecular Hbond substituents is 1. The van der Waals surface area contributed by atoms with Crippen LogP contribution < -0.4 is 10.2 Å². The Morgan fingerprint density at radius 2 is 1.69 bits per heavy atom. The van der Waals surface area contributed by atoms with Crippen molar-refractivity contribution in [2.45, 2.75) is 33.1 Å². The second-order valence-corrected chi connectivity index (χ2v) is 7.34. The molecule has 0 radical (unpaired) electrons. The molecule has 134 valence electrons. The number of rotatable bonds is 2. The molecule has 2 aromatic rings. The van der Waals surface area contributed by atoms with Crippen LogP contribution in [0.3, 0.4) is 0 Å². The summed E-state index contributed by atoms with van der Waals surface area (Å²) in [4.78, 5) is 14.6. The normalized spacial score (nSPS) is 16.5. The van der Waals surface area contributed by atoms with E-state index in [2.05, 4.69) is 34.5 Å². The number of carbonyl (C=O) groups excluding carboxylic acids is 1. The van der Waals surface area contributed by atoms with Crippen molar-refractivity contribution in [3.63, 3.8) is 0 Å². The lowest BCUT2D eigenvalue weighted by Gasteiger charge is -2.28. The van der Waals surface area contributed by atoms with Crippen molar-refractivity contribution in [3.8, 4) is 16.9 Å². The van der Waals surface area contributed by atoms with Gasteiger partial charge in [0.1, 0.15) is 5.75 Å². The van der Waals surface area contributed by atoms with Crippen molar-refractivity contribution in [2.24, 2.45) is 0 Å². The molecule has 0 saturated carbocycles. The van der Waals surface area contributed by atoms with Gasteiger partial charge in [-0.25, -0.2) is 0 Å². The highest BCUT2D eigenvalue weighted by atomic mass is 16.3. The molecule has 4 heteroatoms. The highest BCUT2D eigenvalue weighted by Crippen LogP contribution is 2.41. The van der Waals surface area contributed by atoms with Crippen LogP contribution in [0, 0.1) is 0 Å². The first kappa shape index (κ1) is 16.7. The number of aromatic hydroxyl groups is 1. The van der Waals surface area contributed by atoms with Gasteiger partial charge in [0.25, 0.3) is 5.91 Å². The van der Waals surface area contributed by atoms with E-state index in [1.54, 1.807) is 6.07 Å². The zero-order valence-electron chi connectivity index (χ0n) is 15.3. The van der Waals surface area contributed by atoms with Crippen LogP contribution in [-0.2, 0) is 4.79 Å². The number of nitrogens with zero attached hydrogens (tertiary/aromatic N) is 1. The van der Waals surface area contributed by atoms with E-state index in [9.17, 15) is 9.90 Å². The van der Waals surface area contributed by atoms with E-state index in [-0.39, 0.29) is 11.7 Å². The highest BCUT2D eigenvalue weighted by molar-refractivity contribution is 6.32. The van der Waals surface area contributed by atoms with Crippen LogP contribution in [0.15, 0.2) is 42.0 Å². The molecule has 2 heterocycles. The summed E-state index contributed by atoms with van der Waals surface area (Å²) in [7, 11) is 0. The highest BCUT2D eigenvalue weighted by Gasteiger charge is 2.27. The van der Waals surface area contributed by atoms with E-state index in [0.717, 1.165) is 35.4 Å². The van der Waals surface area contributed by atoms with E-state index < -0.39 is 0 Å². The van der Waals surface area contributed by atoms with Gasteiger partial charge in [0, 0.05) is 41.5 Å². The third-order valence-electron chi connectivity index (χ3n) is 5.28. The number of fused-ring (bicyclic) bond motifs is 1. The molecule has 0 atom stereocenters. The maximum absolute atomic E-state index is 12.2. The fourth-order valence-electron chi connectivity index (χ4n) is 3.94. The van der Waals surface area contributed by atoms with Gasteiger partial charge in [-0.2, -0.15) is 0 Å². The van der Waals surface area contributed by atoms with Gasteiger partial charge < -0.3 is 15.3 Å². The minimum atomic E-state index is -0.100. The number of hydrogen-bond acceptors (Lipinski definition) is 3. The van der Waals surface area contributed by atoms with Gasteiger partial charge >= 0.3 is 0 Å². The lowest BCUT2D eigenvalue weighted by Crippen LogP contribution is -2.29. The monoisotopic (exact) mass is 348 g/mol. The molecular formula is C22H24N2O2. The van der Waals surface area contributed by atoms with Crippen LogP contribution in [0.25, 0.3) is 16.7 Å². The SMILES string of the molecule is CC(C)=C1C(=O)Nc2cc(O)c(-c3ccc(N4CCCCC4)cc3)cc21. The minimum Gasteiger partial charge on any atom is -0.507 e. The Bertz CT molecular complexity index is 887. The van der Waals surface area contributed by atoms with Gasteiger partial charge in [-0.3, -0.25) is 4.79 Å². The molecule has 1 amide bonds. The minimum absolute atomic E-state index is 0.100. The number of phenols is 1. The van der Waals surface area contributed by atoms with Crippen molar-refractivity contribution < 1.29 is 9.90 Å². The standard InChI is InChI=1S/C22H24N2O2/c1-14(2)21-18-12-17(20(25)13-19(18)23-22(21)26)15-6-8-16(9-7-15)24-10-4-3-5-11-24/h6-9,12-13,25H,3-5,10-11H2,1-2H3,(H,23,26). The Balaban J connectivity index is 1.70. The largest absolute Gasteiger partial charge is 0.507 e. The zero-order valence-corrected chi connectivity index (χ0v) is 15.3. The molecule has 0 unspecified atom stereocenters. The van der Waals surface area contributed by atoms with Crippen molar-refractivity contribution >= 4 is 22.9 Å². The molecule has 2 aliphatic rings. The number of amides is 1. The Morgan fingerprint density at radius 3 is 2.35 bits per heavy atom. The lowest BCUT2D eigenvalue weighted by molar-refractivity contribution is -0.110. The average Bonchev–Trinajstić information content (AvgIpc) is 2.96. The van der Waals surface area contributed by atoms with Crippen LogP contribution in [0.5, 0.6) is 5.75 Å². The summed E-state index contributed by atoms with van der Waals surface area (Å²) in [5.41, 5.74) is 6.16. The van der Waals surface area contributed by atoms with Crippen LogP contribution in [-0.4, -0.2) is 24.1 Å². The number of carbonyl (C=O) groups is 1. The number of allylic oxidation sites excluding steroid dienone is 1. The first-order chi connectivity index (χ1) is 12.5. The molecule has 4 nitrogen and oxygen atoms in total. The molecule has 2 aromatic carbocycles. The number of benzene rings is 2. The summed E-state index contributed by atoms with van der Waals surface area (Å²) in [5, 5.41) is 13.3. The summed E-state index contributed by atoms with van der Waals surface area (Å²) in [6, 6.07) is 11.9. The first-order valence-corrected chi connectivity index (χ1v) is 9.26. The third-order valence-corrected chi connectivity index (χ3v) is 5.28. The molecule has 1 saturated heterocycles. The molecule has 0 aliphatic carbocycles. The number of hydrogen-bond donors (Lipinski definition) is 2. The molecule has 2 aliphatic heterocycles. The molecule has 26 heavy (non-hydrogen) atoms. The van der Waals surface area contributed by atoms with E-state index in [0.29, 0.717) is 11.3 Å². The second kappa shape index (κ2) is 6.52. The Labute approximate surface area is 154 Å². The molecule has 0 bridgehead atoms. The fraction of sp³-hybridized carbons (Fsp3) is 0.318. The fourth-order valence-corrected chi connectivity index (χ4v) is 3.94. The van der Waals surface area contributed by atoms with Gasteiger partial charge in [0.15, 0.2) is 0 Å². The van der Waals surface area contributed by atoms with E-state index >= 15 is 0 Å². The van der Waals surface area contributed by atoms with Crippen molar-refractivity contribution in [2.75, 3.05) is 23.3 Å². The van der Waals surface area contributed by atoms with Crippen molar-refractivity contribution in [1.29, 1.82) is 0 Å². The van der Waals surface area contributed by atoms with Gasteiger partial charge in [-0.05, 0) is 56.9 Å². The zero-order chi connectivity index (χ0) is 18.3. The number of nitrogens with one attached hydrogen (secondary N) is 1. The Hall–Kier alpha value is -2.75. The van der Waals surface area contributed by atoms with Crippen molar-refractivity contribution in [1.82, 2.24) is 0 Å². The van der Waals surface area contributed by atoms with Crippen LogP contribution in [0.1, 0.15) is 38.7 Å². The second-order valence-electron chi connectivity index (χ2n) is 7.34. The first-order valence-electron chi connectivity index (χ1n) is 9.26. The summed E-state index contributed by atoms with van der Waals surface area (Å²) >= 11 is 0. The van der Waals surface area contributed by atoms with E-state index in [4.69, 9.17) is 0 Å². The number of piperidine rings is 1. The summed E-state index contributed by atoms with van der Waals surface area (Å²) in [6.45, 7) is 6.09. The predicted molar refractivity (Wildman–Crippen MR) is 107 cm³/mol. The average molecular weight is 348 g/mol. The molecule has 0 spiro atoms. The maximum atomic E-state index is 12.2. The Kier molecular flexibility index (Phi) is 4.19. The third kappa shape index (κ3) is 2.85. The lowest BCUT2D eigenvalue weighted by atomic mass is 9.96. The molecule has 2 N–H and O–H groups in total. The van der Waals surface area contributed by atoms with Gasteiger partial charge in [-0.15, -0.1) is 0 Å². The van der Waals surface area contributed by atoms with Gasteiger partial charge in [0.05, 0.1) is 5.69 Å².